The summed E-state index contributed by atoms with van der Waals surface area (Å²) in [6.07, 6.45) is 5.09. The number of nitrogen functional groups attached to an aromatic ring is 1. The van der Waals surface area contributed by atoms with E-state index in [0.29, 0.717) is 17.9 Å². The molecule has 21 heavy (non-hydrogen) atoms. The van der Waals surface area contributed by atoms with Gasteiger partial charge in [0.25, 0.3) is 5.91 Å². The Hall–Kier alpha value is -1.59. The van der Waals surface area contributed by atoms with Crippen LogP contribution >= 0.6 is 0 Å². The molecule has 1 fully saturated rings. The van der Waals surface area contributed by atoms with Crippen LogP contribution in [0.5, 0.6) is 5.75 Å². The van der Waals surface area contributed by atoms with Crippen molar-refractivity contribution in [1.29, 1.82) is 0 Å². The van der Waals surface area contributed by atoms with Crippen molar-refractivity contribution < 1.29 is 9.53 Å². The number of hydrazine groups is 1. The van der Waals surface area contributed by atoms with E-state index in [1.807, 2.05) is 6.07 Å². The number of carbonyl (C=O) groups excluding carboxylic acids is 1. The molecule has 3 N–H and O–H groups in total. The predicted octanol–water partition coefficient (Wildman–Crippen LogP) is 1.93. The van der Waals surface area contributed by atoms with Crippen molar-refractivity contribution in [3.8, 4) is 5.75 Å². The standard InChI is InChI=1S/C16H25N3O2/c1-2-3-9-19(14-7-8-14)10-11-21-15-6-4-5-13(12-15)16(20)18-17/h4-6,12,14H,2-3,7-11,17H2,1H3,(H,18,20). The summed E-state index contributed by atoms with van der Waals surface area (Å²) in [7, 11) is 0. The summed E-state index contributed by atoms with van der Waals surface area (Å²) in [5.41, 5.74) is 2.64. The first-order valence-corrected chi connectivity index (χ1v) is 7.72. The molecule has 1 aromatic carbocycles. The number of nitrogens with one attached hydrogen (secondary N) is 1. The highest BCUT2D eigenvalue weighted by molar-refractivity contribution is 5.94. The fraction of sp³-hybridized carbons (Fsp3) is 0.562. The monoisotopic (exact) mass is 291 g/mol. The minimum Gasteiger partial charge on any atom is -0.492 e. The van der Waals surface area contributed by atoms with Gasteiger partial charge in [-0.05, 0) is 44.0 Å². The van der Waals surface area contributed by atoms with Crippen LogP contribution in [-0.4, -0.2) is 36.5 Å². The largest absolute Gasteiger partial charge is 0.492 e. The van der Waals surface area contributed by atoms with E-state index in [-0.39, 0.29) is 5.91 Å². The van der Waals surface area contributed by atoms with Crippen molar-refractivity contribution in [2.24, 2.45) is 5.84 Å². The van der Waals surface area contributed by atoms with Gasteiger partial charge in [0, 0.05) is 18.2 Å². The normalized spacial score (nSPS) is 14.2. The van der Waals surface area contributed by atoms with Crippen LogP contribution in [0, 0.1) is 0 Å². The number of unbranched alkanes of at least 4 members (excludes halogenated alkanes) is 1. The second-order valence-corrected chi connectivity index (χ2v) is 5.47. The maximum absolute atomic E-state index is 11.5. The zero-order chi connectivity index (χ0) is 15.1. The zero-order valence-corrected chi connectivity index (χ0v) is 12.7. The van der Waals surface area contributed by atoms with Gasteiger partial charge in [-0.1, -0.05) is 19.4 Å². The van der Waals surface area contributed by atoms with E-state index in [1.165, 1.54) is 25.7 Å². The Morgan fingerprint density at radius 2 is 2.24 bits per heavy atom. The van der Waals surface area contributed by atoms with Crippen molar-refractivity contribution in [2.45, 2.75) is 38.6 Å². The van der Waals surface area contributed by atoms with Gasteiger partial charge in [0.05, 0.1) is 0 Å². The highest BCUT2D eigenvalue weighted by atomic mass is 16.5. The lowest BCUT2D eigenvalue weighted by molar-refractivity contribution is 0.0953. The molecule has 0 atom stereocenters. The molecule has 1 aromatic rings. The molecule has 5 heteroatoms. The SMILES string of the molecule is CCCCN(CCOc1cccc(C(=O)NN)c1)C1CC1. The molecule has 1 amide bonds. The Balaban J connectivity index is 1.80. The van der Waals surface area contributed by atoms with Gasteiger partial charge in [-0.2, -0.15) is 0 Å². The Labute approximate surface area is 126 Å². The summed E-state index contributed by atoms with van der Waals surface area (Å²) in [5.74, 6) is 5.54. The van der Waals surface area contributed by atoms with Gasteiger partial charge in [0.2, 0.25) is 0 Å². The molecule has 0 unspecified atom stereocenters. The Morgan fingerprint density at radius 3 is 2.90 bits per heavy atom. The van der Waals surface area contributed by atoms with Gasteiger partial charge < -0.3 is 4.74 Å². The number of nitrogens with zero attached hydrogens (tertiary/aromatic N) is 1. The fourth-order valence-corrected chi connectivity index (χ4v) is 2.37. The molecule has 2 rings (SSSR count). The van der Waals surface area contributed by atoms with Gasteiger partial charge in [-0.15, -0.1) is 0 Å². The van der Waals surface area contributed by atoms with E-state index < -0.39 is 0 Å². The predicted molar refractivity (Wildman–Crippen MR) is 83.1 cm³/mol. The number of nitrogens with two attached hydrogens (primary N) is 1. The molecule has 1 aliphatic rings. The number of ether oxygens (including phenoxy) is 1. The summed E-state index contributed by atoms with van der Waals surface area (Å²) in [5, 5.41) is 0. The second-order valence-electron chi connectivity index (χ2n) is 5.47. The lowest BCUT2D eigenvalue weighted by Gasteiger charge is -2.21. The van der Waals surface area contributed by atoms with Crippen LogP contribution in [0.3, 0.4) is 0 Å². The summed E-state index contributed by atoms with van der Waals surface area (Å²) in [4.78, 5) is 14.0. The molecule has 116 valence electrons. The fourth-order valence-electron chi connectivity index (χ4n) is 2.37. The van der Waals surface area contributed by atoms with Crippen molar-refractivity contribution in [3.05, 3.63) is 29.8 Å². The minimum atomic E-state index is -0.303. The third kappa shape index (κ3) is 5.02. The van der Waals surface area contributed by atoms with Crippen molar-refractivity contribution >= 4 is 5.91 Å². The maximum atomic E-state index is 11.5. The smallest absolute Gasteiger partial charge is 0.265 e. The summed E-state index contributed by atoms with van der Waals surface area (Å²) < 4.78 is 5.77. The zero-order valence-electron chi connectivity index (χ0n) is 12.7. The number of carbonyl (C=O) groups is 1. The van der Waals surface area contributed by atoms with Gasteiger partial charge >= 0.3 is 0 Å². The number of amides is 1. The molecular weight excluding hydrogens is 266 g/mol. The van der Waals surface area contributed by atoms with Crippen LogP contribution < -0.4 is 16.0 Å². The van der Waals surface area contributed by atoms with Crippen molar-refractivity contribution in [1.82, 2.24) is 10.3 Å². The van der Waals surface area contributed by atoms with Crippen LogP contribution in [0.4, 0.5) is 0 Å². The first kappa shape index (κ1) is 15.8. The van der Waals surface area contributed by atoms with Gasteiger partial charge in [0.15, 0.2) is 0 Å². The third-order valence-corrected chi connectivity index (χ3v) is 3.74. The molecule has 1 saturated carbocycles. The van der Waals surface area contributed by atoms with E-state index in [1.54, 1.807) is 18.2 Å². The van der Waals surface area contributed by atoms with Crippen molar-refractivity contribution in [3.63, 3.8) is 0 Å². The molecule has 0 aromatic heterocycles. The Bertz CT molecular complexity index is 461. The lowest BCUT2D eigenvalue weighted by Crippen LogP contribution is -2.31. The van der Waals surface area contributed by atoms with E-state index in [0.717, 1.165) is 19.1 Å². The molecular formula is C16H25N3O2. The van der Waals surface area contributed by atoms with E-state index in [9.17, 15) is 4.79 Å². The average Bonchev–Trinajstić information content (AvgIpc) is 3.35. The quantitative estimate of drug-likeness (QED) is 0.414. The molecule has 0 heterocycles. The molecule has 1 aliphatic carbocycles. The van der Waals surface area contributed by atoms with Gasteiger partial charge in [-0.25, -0.2) is 5.84 Å². The Morgan fingerprint density at radius 1 is 1.43 bits per heavy atom. The topological polar surface area (TPSA) is 67.6 Å². The van der Waals surface area contributed by atoms with E-state index >= 15 is 0 Å². The number of hydrogen-bond donors (Lipinski definition) is 2. The van der Waals surface area contributed by atoms with Crippen LogP contribution in [0.1, 0.15) is 43.0 Å². The molecule has 0 radical (unpaired) electrons. The molecule has 0 bridgehead atoms. The molecule has 0 saturated heterocycles. The highest BCUT2D eigenvalue weighted by Crippen LogP contribution is 2.26. The van der Waals surface area contributed by atoms with Gasteiger partial charge in [-0.3, -0.25) is 15.1 Å². The van der Waals surface area contributed by atoms with E-state index in [4.69, 9.17) is 10.6 Å². The first-order valence-electron chi connectivity index (χ1n) is 7.72. The first-order chi connectivity index (χ1) is 10.2. The van der Waals surface area contributed by atoms with Crippen LogP contribution in [-0.2, 0) is 0 Å². The minimum absolute atomic E-state index is 0.303. The van der Waals surface area contributed by atoms with Crippen LogP contribution in [0.25, 0.3) is 0 Å². The molecule has 0 aliphatic heterocycles. The van der Waals surface area contributed by atoms with E-state index in [2.05, 4.69) is 17.2 Å². The summed E-state index contributed by atoms with van der Waals surface area (Å²) in [6, 6.07) is 7.85. The van der Waals surface area contributed by atoms with Crippen LogP contribution in [0.15, 0.2) is 24.3 Å². The summed E-state index contributed by atoms with van der Waals surface area (Å²) in [6.45, 7) is 4.96. The van der Waals surface area contributed by atoms with Crippen LogP contribution in [0.2, 0.25) is 0 Å². The number of hydrogen-bond acceptors (Lipinski definition) is 4. The average molecular weight is 291 g/mol. The highest BCUT2D eigenvalue weighted by Gasteiger charge is 2.28. The molecule has 0 spiro atoms. The lowest BCUT2D eigenvalue weighted by atomic mass is 10.2. The van der Waals surface area contributed by atoms with Gasteiger partial charge in [0.1, 0.15) is 12.4 Å². The van der Waals surface area contributed by atoms with Crippen molar-refractivity contribution in [2.75, 3.05) is 19.7 Å². The maximum Gasteiger partial charge on any atom is 0.265 e. The second kappa shape index (κ2) is 8.00. The summed E-state index contributed by atoms with van der Waals surface area (Å²) >= 11 is 0. The third-order valence-electron chi connectivity index (χ3n) is 3.74. The Kier molecular flexibility index (Phi) is 6.02. The number of rotatable bonds is 9. The number of benzene rings is 1. The molecule has 5 nitrogen and oxygen atoms in total.